The number of benzene rings is 2. The highest BCUT2D eigenvalue weighted by atomic mass is 19.1. The van der Waals surface area contributed by atoms with E-state index in [-0.39, 0.29) is 5.82 Å². The molecule has 4 nitrogen and oxygen atoms in total. The molecule has 0 bridgehead atoms. The molecule has 0 saturated heterocycles. The van der Waals surface area contributed by atoms with Crippen molar-refractivity contribution in [2.75, 3.05) is 5.32 Å². The summed E-state index contributed by atoms with van der Waals surface area (Å²) in [6, 6.07) is 8.31. The molecule has 0 aliphatic rings. The topological polar surface area (TPSA) is 42.7 Å². The van der Waals surface area contributed by atoms with E-state index in [1.54, 1.807) is 0 Å². The van der Waals surface area contributed by atoms with E-state index >= 15 is 0 Å². The number of pyridine rings is 1. The molecule has 2 heterocycles. The van der Waals surface area contributed by atoms with Crippen LogP contribution in [-0.2, 0) is 7.05 Å². The van der Waals surface area contributed by atoms with Crippen molar-refractivity contribution in [2.45, 2.75) is 6.92 Å². The molecule has 9 heteroatoms. The van der Waals surface area contributed by atoms with E-state index < -0.39 is 0 Å². The molecule has 0 aliphatic heterocycles. The van der Waals surface area contributed by atoms with Crippen molar-refractivity contribution < 1.29 is 4.39 Å². The Morgan fingerprint density at radius 3 is 2.26 bits per heavy atom. The van der Waals surface area contributed by atoms with Crippen molar-refractivity contribution >= 4 is 75.5 Å². The highest BCUT2D eigenvalue weighted by molar-refractivity contribution is 6.58. The number of anilines is 1. The zero-order valence-electron chi connectivity index (χ0n) is 18.9. The highest BCUT2D eigenvalue weighted by Gasteiger charge is 2.16. The van der Waals surface area contributed by atoms with Crippen LogP contribution in [0.4, 0.5) is 10.2 Å². The minimum atomic E-state index is -0.145. The third-order valence-electron chi connectivity index (χ3n) is 6.35. The van der Waals surface area contributed by atoms with Crippen LogP contribution in [0, 0.1) is 12.7 Å². The normalized spacial score (nSPS) is 11.1. The van der Waals surface area contributed by atoms with Gasteiger partial charge in [0.15, 0.2) is 0 Å². The summed E-state index contributed by atoms with van der Waals surface area (Å²) in [5.74, 6) is 1.53. The zero-order valence-corrected chi connectivity index (χ0v) is 18.9. The molecular weight excluding hydrogens is 383 g/mol. The number of aromatic nitrogens is 3. The summed E-state index contributed by atoms with van der Waals surface area (Å²) in [6.45, 7) is 6.22. The van der Waals surface area contributed by atoms with Crippen LogP contribution in [0.3, 0.4) is 0 Å². The highest BCUT2D eigenvalue weighted by Crippen LogP contribution is 2.26. The van der Waals surface area contributed by atoms with Gasteiger partial charge in [0.1, 0.15) is 48.8 Å². The van der Waals surface area contributed by atoms with E-state index in [4.69, 9.17) is 0 Å². The molecular formula is C22H23B4FN4. The van der Waals surface area contributed by atoms with Crippen molar-refractivity contribution in [1.82, 2.24) is 14.5 Å². The van der Waals surface area contributed by atoms with E-state index in [2.05, 4.69) is 44.6 Å². The van der Waals surface area contributed by atoms with Crippen LogP contribution in [0.1, 0.15) is 11.4 Å². The van der Waals surface area contributed by atoms with Crippen molar-refractivity contribution in [2.24, 2.45) is 7.05 Å². The number of rotatable bonds is 4. The summed E-state index contributed by atoms with van der Waals surface area (Å²) in [5, 5.41) is 5.46. The van der Waals surface area contributed by atoms with Gasteiger partial charge in [-0.3, -0.25) is 0 Å². The third kappa shape index (κ3) is 3.58. The van der Waals surface area contributed by atoms with Gasteiger partial charge < -0.3 is 9.88 Å². The molecule has 4 rings (SSSR count). The van der Waals surface area contributed by atoms with E-state index in [1.807, 2.05) is 63.8 Å². The Bertz CT molecular complexity index is 1330. The molecule has 1 N–H and O–H groups in total. The fourth-order valence-corrected chi connectivity index (χ4v) is 4.08. The SMILES string of the molecule is Bc1c(B)c(C(=C)Nc2cc3cc(-c4cnc(C)n4C)ccc3cn2)c(B)c(B)c1F. The summed E-state index contributed by atoms with van der Waals surface area (Å²) in [4.78, 5) is 8.95. The Morgan fingerprint density at radius 1 is 0.968 bits per heavy atom. The number of nitrogens with zero attached hydrogens (tertiary/aromatic N) is 3. The van der Waals surface area contributed by atoms with Gasteiger partial charge in [-0.05, 0) is 30.0 Å². The van der Waals surface area contributed by atoms with E-state index in [9.17, 15) is 4.39 Å². The quantitative estimate of drug-likeness (QED) is 0.408. The lowest BCUT2D eigenvalue weighted by Gasteiger charge is -2.20. The van der Waals surface area contributed by atoms with Crippen LogP contribution in [0.15, 0.2) is 43.2 Å². The molecule has 150 valence electrons. The molecule has 0 fully saturated rings. The first-order valence-corrected chi connectivity index (χ1v) is 10.3. The van der Waals surface area contributed by atoms with Crippen molar-refractivity contribution in [3.63, 3.8) is 0 Å². The molecule has 0 spiro atoms. The average molecular weight is 406 g/mol. The van der Waals surface area contributed by atoms with E-state index in [0.717, 1.165) is 44.3 Å². The number of nitrogens with one attached hydrogen (secondary N) is 1. The fraction of sp³-hybridized carbons (Fsp3) is 0.0909. The minimum absolute atomic E-state index is 0.145. The summed E-state index contributed by atoms with van der Waals surface area (Å²) in [7, 11) is 9.50. The van der Waals surface area contributed by atoms with Gasteiger partial charge in [-0.25, -0.2) is 14.4 Å². The maximum absolute atomic E-state index is 14.4. The maximum atomic E-state index is 14.4. The summed E-state index contributed by atoms with van der Waals surface area (Å²) >= 11 is 0. The summed E-state index contributed by atoms with van der Waals surface area (Å²) in [6.07, 6.45) is 3.74. The van der Waals surface area contributed by atoms with Crippen LogP contribution in [-0.4, -0.2) is 45.9 Å². The van der Waals surface area contributed by atoms with Gasteiger partial charge in [-0.15, -0.1) is 0 Å². The largest absolute Gasteiger partial charge is 0.340 e. The molecule has 0 unspecified atom stereocenters. The smallest absolute Gasteiger partial charge is 0.142 e. The molecule has 4 aromatic rings. The van der Waals surface area contributed by atoms with Gasteiger partial charge in [0.25, 0.3) is 0 Å². The first kappa shape index (κ1) is 21.0. The van der Waals surface area contributed by atoms with Gasteiger partial charge in [-0.1, -0.05) is 40.6 Å². The summed E-state index contributed by atoms with van der Waals surface area (Å²) < 4.78 is 16.5. The first-order chi connectivity index (χ1) is 14.7. The van der Waals surface area contributed by atoms with Crippen molar-refractivity contribution in [3.05, 3.63) is 60.4 Å². The zero-order chi connectivity index (χ0) is 22.4. The number of fused-ring (bicyclic) bond motifs is 1. The molecule has 0 radical (unpaired) electrons. The van der Waals surface area contributed by atoms with Gasteiger partial charge in [0, 0.05) is 29.9 Å². The lowest BCUT2D eigenvalue weighted by Crippen LogP contribution is -2.47. The van der Waals surface area contributed by atoms with Gasteiger partial charge >= 0.3 is 0 Å². The molecule has 0 atom stereocenters. The Hall–Kier alpha value is -3.21. The average Bonchev–Trinajstić information content (AvgIpc) is 3.09. The summed E-state index contributed by atoms with van der Waals surface area (Å²) in [5.41, 5.74) is 6.93. The van der Waals surface area contributed by atoms with Crippen LogP contribution in [0.2, 0.25) is 0 Å². The number of hydrogen-bond acceptors (Lipinski definition) is 3. The molecule has 2 aromatic heterocycles. The van der Waals surface area contributed by atoms with E-state index in [0.29, 0.717) is 22.4 Å². The molecule has 2 aromatic carbocycles. The Kier molecular flexibility index (Phi) is 5.29. The second-order valence-electron chi connectivity index (χ2n) is 8.17. The second-order valence-corrected chi connectivity index (χ2v) is 8.17. The van der Waals surface area contributed by atoms with Gasteiger partial charge in [0.2, 0.25) is 0 Å². The number of hydrogen-bond donors (Lipinski definition) is 1. The van der Waals surface area contributed by atoms with Gasteiger partial charge in [0.05, 0.1) is 11.9 Å². The number of aryl methyl sites for hydroxylation is 1. The number of halogens is 1. The van der Waals surface area contributed by atoms with Crippen LogP contribution in [0.5, 0.6) is 0 Å². The molecule has 0 amide bonds. The maximum Gasteiger partial charge on any atom is 0.142 e. The molecule has 0 aliphatic carbocycles. The molecule has 0 saturated carbocycles. The standard InChI is InChI=1S/C22H23B4FN4/c1-10(17-18(23)20(25)22(27)21(26)19(17)24)30-16-7-14-6-12(4-5-13(14)8-29-16)15-9-28-11(2)31(15)3/h4-9H,1,23-26H2,2-3H3,(H,29,30). The minimum Gasteiger partial charge on any atom is -0.340 e. The lowest BCUT2D eigenvalue weighted by atomic mass is 9.66. The Labute approximate surface area is 185 Å². The van der Waals surface area contributed by atoms with Crippen molar-refractivity contribution in [1.29, 1.82) is 0 Å². The van der Waals surface area contributed by atoms with Crippen LogP contribution < -0.4 is 27.2 Å². The predicted molar refractivity (Wildman–Crippen MR) is 140 cm³/mol. The van der Waals surface area contributed by atoms with Crippen LogP contribution >= 0.6 is 0 Å². The third-order valence-corrected chi connectivity index (χ3v) is 6.35. The van der Waals surface area contributed by atoms with Gasteiger partial charge in [-0.2, -0.15) is 0 Å². The fourth-order valence-electron chi connectivity index (χ4n) is 4.08. The monoisotopic (exact) mass is 406 g/mol. The van der Waals surface area contributed by atoms with E-state index in [1.165, 1.54) is 0 Å². The first-order valence-electron chi connectivity index (χ1n) is 10.3. The number of imidazole rings is 1. The second kappa shape index (κ2) is 7.80. The lowest BCUT2D eigenvalue weighted by molar-refractivity contribution is 0.645. The Balaban J connectivity index is 1.71. The predicted octanol–water partition coefficient (Wildman–Crippen LogP) is -1.80. The molecule has 31 heavy (non-hydrogen) atoms. The van der Waals surface area contributed by atoms with Crippen molar-refractivity contribution in [3.8, 4) is 11.3 Å². The van der Waals surface area contributed by atoms with Crippen LogP contribution in [0.25, 0.3) is 27.7 Å². The Morgan fingerprint density at radius 2 is 1.65 bits per heavy atom.